The number of nitrogens with one attached hydrogen (secondary N) is 1. The summed E-state index contributed by atoms with van der Waals surface area (Å²) in [5.41, 5.74) is 4.53. The number of carbonyl (C=O) groups excluding carboxylic acids is 1. The van der Waals surface area contributed by atoms with Crippen LogP contribution in [0.3, 0.4) is 0 Å². The molecule has 0 heterocycles. The molecule has 0 aromatic heterocycles. The number of halogens is 2. The molecule has 5 nitrogen and oxygen atoms in total. The number of carboxylic acids is 1. The number of carboxylic acid groups (broad SMARTS) is 1. The van der Waals surface area contributed by atoms with Gasteiger partial charge in [0.15, 0.2) is 6.04 Å². The lowest BCUT2D eigenvalue weighted by atomic mass is 9.98. The summed E-state index contributed by atoms with van der Waals surface area (Å²) in [5.74, 6) is -1.93. The number of hydrogen-bond acceptors (Lipinski definition) is 3. The van der Waals surface area contributed by atoms with Gasteiger partial charge < -0.3 is 15.2 Å². The number of alkyl carbamates (subject to hydrolysis) is 1. The van der Waals surface area contributed by atoms with Gasteiger partial charge in [-0.15, -0.1) is 0 Å². The summed E-state index contributed by atoms with van der Waals surface area (Å²) >= 11 is 3.14. The highest BCUT2D eigenvalue weighted by molar-refractivity contribution is 9.10. The molecule has 1 unspecified atom stereocenters. The lowest BCUT2D eigenvalue weighted by molar-refractivity contribution is -0.139. The molecule has 0 bridgehead atoms. The number of ether oxygens (including phenoxy) is 1. The quantitative estimate of drug-likeness (QED) is 0.534. The predicted molar refractivity (Wildman–Crippen MR) is 113 cm³/mol. The number of hydrogen-bond donors (Lipinski definition) is 2. The van der Waals surface area contributed by atoms with E-state index in [0.29, 0.717) is 0 Å². The molecule has 3 aromatic carbocycles. The standard InChI is InChI=1S/C23H17BrFNO4/c24-20-11-13(25)9-10-18(20)21(22(27)28)26-23(29)30-12-19-16-7-3-1-5-14(16)15-6-2-4-8-17(15)19/h1-11,19,21H,12H2,(H,26,29)(H,27,28). The Hall–Kier alpha value is -3.19. The van der Waals surface area contributed by atoms with Gasteiger partial charge >= 0.3 is 12.1 Å². The van der Waals surface area contributed by atoms with Gasteiger partial charge in [-0.1, -0.05) is 70.5 Å². The molecule has 1 aliphatic rings. The van der Waals surface area contributed by atoms with Gasteiger partial charge in [0, 0.05) is 16.0 Å². The Morgan fingerprint density at radius 1 is 1.03 bits per heavy atom. The second-order valence-corrected chi connectivity index (χ2v) is 7.76. The number of amides is 1. The molecule has 2 N–H and O–H groups in total. The number of carbonyl (C=O) groups is 2. The second kappa shape index (κ2) is 8.28. The zero-order valence-corrected chi connectivity index (χ0v) is 17.2. The molecule has 0 saturated carbocycles. The molecule has 0 aliphatic heterocycles. The summed E-state index contributed by atoms with van der Waals surface area (Å²) in [6, 6.07) is 18.1. The summed E-state index contributed by atoms with van der Waals surface area (Å²) in [7, 11) is 0. The Bertz CT molecular complexity index is 1090. The molecule has 7 heteroatoms. The van der Waals surface area contributed by atoms with E-state index in [0.717, 1.165) is 34.4 Å². The highest BCUT2D eigenvalue weighted by atomic mass is 79.9. The van der Waals surface area contributed by atoms with Crippen LogP contribution in [0.25, 0.3) is 11.1 Å². The average molecular weight is 470 g/mol. The fourth-order valence-electron chi connectivity index (χ4n) is 3.77. The third-order valence-corrected chi connectivity index (χ3v) is 5.81. The molecule has 0 radical (unpaired) electrons. The molecular formula is C23H17BrFNO4. The molecule has 0 spiro atoms. The highest BCUT2D eigenvalue weighted by Crippen LogP contribution is 2.44. The fraction of sp³-hybridized carbons (Fsp3) is 0.130. The van der Waals surface area contributed by atoms with Crippen molar-refractivity contribution in [2.24, 2.45) is 0 Å². The maximum absolute atomic E-state index is 13.3. The van der Waals surface area contributed by atoms with Crippen molar-refractivity contribution in [3.05, 3.63) is 93.7 Å². The van der Waals surface area contributed by atoms with Crippen LogP contribution in [0.2, 0.25) is 0 Å². The first-order valence-electron chi connectivity index (χ1n) is 9.25. The van der Waals surface area contributed by atoms with Gasteiger partial charge in [0.25, 0.3) is 0 Å². The molecule has 152 valence electrons. The maximum atomic E-state index is 13.3. The van der Waals surface area contributed by atoms with Crippen molar-refractivity contribution in [2.75, 3.05) is 6.61 Å². The molecule has 1 aliphatic carbocycles. The van der Waals surface area contributed by atoms with E-state index >= 15 is 0 Å². The van der Waals surface area contributed by atoms with E-state index < -0.39 is 23.9 Å². The molecule has 30 heavy (non-hydrogen) atoms. The van der Waals surface area contributed by atoms with E-state index in [-0.39, 0.29) is 22.6 Å². The van der Waals surface area contributed by atoms with Crippen LogP contribution in [-0.2, 0) is 9.53 Å². The van der Waals surface area contributed by atoms with Crippen molar-refractivity contribution in [1.29, 1.82) is 0 Å². The van der Waals surface area contributed by atoms with E-state index in [1.807, 2.05) is 48.5 Å². The fourth-order valence-corrected chi connectivity index (χ4v) is 4.35. The van der Waals surface area contributed by atoms with Gasteiger partial charge in [-0.3, -0.25) is 0 Å². The van der Waals surface area contributed by atoms with E-state index in [4.69, 9.17) is 4.74 Å². The number of benzene rings is 3. The Labute approximate surface area is 180 Å². The normalized spacial score (nSPS) is 13.3. The molecule has 1 atom stereocenters. The first kappa shape index (κ1) is 20.1. The van der Waals surface area contributed by atoms with Crippen LogP contribution in [0.15, 0.2) is 71.2 Å². The smallest absolute Gasteiger partial charge is 0.408 e. The van der Waals surface area contributed by atoms with Crippen LogP contribution in [0.1, 0.15) is 28.7 Å². The minimum absolute atomic E-state index is 0.0663. The third-order valence-electron chi connectivity index (χ3n) is 5.13. The van der Waals surface area contributed by atoms with Crippen molar-refractivity contribution in [3.63, 3.8) is 0 Å². The van der Waals surface area contributed by atoms with Crippen LogP contribution in [0.4, 0.5) is 9.18 Å². The van der Waals surface area contributed by atoms with Gasteiger partial charge in [-0.25, -0.2) is 14.0 Å². The Morgan fingerprint density at radius 3 is 2.20 bits per heavy atom. The van der Waals surface area contributed by atoms with Crippen molar-refractivity contribution < 1.29 is 23.8 Å². The van der Waals surface area contributed by atoms with Crippen LogP contribution in [0.5, 0.6) is 0 Å². The minimum atomic E-state index is -1.38. The van der Waals surface area contributed by atoms with Crippen LogP contribution in [0, 0.1) is 5.82 Å². The van der Waals surface area contributed by atoms with Crippen LogP contribution in [-0.4, -0.2) is 23.8 Å². The van der Waals surface area contributed by atoms with Crippen LogP contribution >= 0.6 is 15.9 Å². The summed E-state index contributed by atoms with van der Waals surface area (Å²) < 4.78 is 19.0. The zero-order valence-electron chi connectivity index (χ0n) is 15.6. The summed E-state index contributed by atoms with van der Waals surface area (Å²) in [6.07, 6.45) is -0.861. The number of fused-ring (bicyclic) bond motifs is 3. The minimum Gasteiger partial charge on any atom is -0.479 e. The lowest BCUT2D eigenvalue weighted by Crippen LogP contribution is -2.35. The maximum Gasteiger partial charge on any atom is 0.408 e. The van der Waals surface area contributed by atoms with Gasteiger partial charge in [0.2, 0.25) is 0 Å². The SMILES string of the molecule is O=C(NC(C(=O)O)c1ccc(F)cc1Br)OCC1c2ccccc2-c2ccccc21. The third kappa shape index (κ3) is 3.80. The lowest BCUT2D eigenvalue weighted by Gasteiger charge is -2.18. The van der Waals surface area contributed by atoms with E-state index in [2.05, 4.69) is 21.2 Å². The Balaban J connectivity index is 1.50. The monoisotopic (exact) mass is 469 g/mol. The van der Waals surface area contributed by atoms with Crippen LogP contribution < -0.4 is 5.32 Å². The molecule has 3 aromatic rings. The van der Waals surface area contributed by atoms with Crippen molar-refractivity contribution >= 4 is 28.0 Å². The van der Waals surface area contributed by atoms with Crippen molar-refractivity contribution in [3.8, 4) is 11.1 Å². The van der Waals surface area contributed by atoms with Gasteiger partial charge in [0.05, 0.1) is 0 Å². The molecule has 1 amide bonds. The first-order chi connectivity index (χ1) is 14.5. The topological polar surface area (TPSA) is 75.6 Å². The molecule has 0 saturated heterocycles. The van der Waals surface area contributed by atoms with Gasteiger partial charge in [-0.2, -0.15) is 0 Å². The summed E-state index contributed by atoms with van der Waals surface area (Å²) in [5, 5.41) is 11.9. The first-order valence-corrected chi connectivity index (χ1v) is 10.0. The number of rotatable bonds is 5. The molecule has 0 fully saturated rings. The predicted octanol–water partition coefficient (Wildman–Crippen LogP) is 5.25. The van der Waals surface area contributed by atoms with Gasteiger partial charge in [0.1, 0.15) is 12.4 Å². The largest absolute Gasteiger partial charge is 0.479 e. The van der Waals surface area contributed by atoms with Crippen molar-refractivity contribution in [1.82, 2.24) is 5.32 Å². The number of aliphatic carboxylic acids is 1. The Morgan fingerprint density at radius 2 is 1.63 bits per heavy atom. The molecule has 4 rings (SSSR count). The van der Waals surface area contributed by atoms with E-state index in [1.165, 1.54) is 6.07 Å². The van der Waals surface area contributed by atoms with E-state index in [1.54, 1.807) is 0 Å². The molecular weight excluding hydrogens is 453 g/mol. The Kier molecular flexibility index (Phi) is 5.55. The highest BCUT2D eigenvalue weighted by Gasteiger charge is 2.30. The van der Waals surface area contributed by atoms with E-state index in [9.17, 15) is 19.1 Å². The van der Waals surface area contributed by atoms with Crippen molar-refractivity contribution in [2.45, 2.75) is 12.0 Å². The zero-order chi connectivity index (χ0) is 21.3. The second-order valence-electron chi connectivity index (χ2n) is 6.91. The summed E-state index contributed by atoms with van der Waals surface area (Å²) in [6.45, 7) is 0.0663. The summed E-state index contributed by atoms with van der Waals surface area (Å²) in [4.78, 5) is 24.1. The van der Waals surface area contributed by atoms with Gasteiger partial charge in [-0.05, 0) is 34.4 Å². The average Bonchev–Trinajstić information content (AvgIpc) is 3.05.